The van der Waals surface area contributed by atoms with Crippen molar-refractivity contribution >= 4 is 40.3 Å². The zero-order valence-corrected chi connectivity index (χ0v) is 9.34. The summed E-state index contributed by atoms with van der Waals surface area (Å²) in [7, 11) is 0. The third-order valence-corrected chi connectivity index (χ3v) is 3.91. The summed E-state index contributed by atoms with van der Waals surface area (Å²) in [5.41, 5.74) is 1.05. The molecule has 1 aliphatic rings. The van der Waals surface area contributed by atoms with Gasteiger partial charge in [0.15, 0.2) is 0 Å². The number of thiophene rings is 1. The molecular formula is C9H8Cl2OS. The van der Waals surface area contributed by atoms with Crippen LogP contribution in [0, 0.1) is 5.92 Å². The van der Waals surface area contributed by atoms with Crippen molar-refractivity contribution in [3.05, 3.63) is 20.3 Å². The summed E-state index contributed by atoms with van der Waals surface area (Å²) < 4.78 is 1.44. The minimum absolute atomic E-state index is 0.183. The second-order valence-corrected chi connectivity index (χ2v) is 5.62. The first-order valence-electron chi connectivity index (χ1n) is 4.04. The second kappa shape index (κ2) is 3.26. The van der Waals surface area contributed by atoms with E-state index in [2.05, 4.69) is 0 Å². The summed E-state index contributed by atoms with van der Waals surface area (Å²) in [6, 6.07) is 1.88. The number of halogens is 2. The number of carbonyl (C=O) groups is 1. The Kier molecular flexibility index (Phi) is 2.39. The molecule has 13 heavy (non-hydrogen) atoms. The first-order valence-corrected chi connectivity index (χ1v) is 5.62. The van der Waals surface area contributed by atoms with Crippen LogP contribution in [0.1, 0.15) is 24.8 Å². The molecule has 2 unspecified atom stereocenters. The molecule has 0 aromatic carbocycles. The van der Waals surface area contributed by atoms with Crippen LogP contribution in [0.2, 0.25) is 8.67 Å². The molecule has 1 heterocycles. The van der Waals surface area contributed by atoms with E-state index in [0.717, 1.165) is 16.3 Å². The molecule has 2 atom stereocenters. The predicted molar refractivity (Wildman–Crippen MR) is 55.9 cm³/mol. The van der Waals surface area contributed by atoms with Gasteiger partial charge in [-0.1, -0.05) is 23.2 Å². The Morgan fingerprint density at radius 2 is 2.31 bits per heavy atom. The molecule has 1 aromatic rings. The van der Waals surface area contributed by atoms with Gasteiger partial charge in [-0.15, -0.1) is 11.3 Å². The van der Waals surface area contributed by atoms with E-state index in [-0.39, 0.29) is 11.7 Å². The highest BCUT2D eigenvalue weighted by Gasteiger charge is 2.43. The fourth-order valence-corrected chi connectivity index (χ4v) is 3.19. The molecule has 0 amide bonds. The number of hydrogen-bond donors (Lipinski definition) is 0. The summed E-state index contributed by atoms with van der Waals surface area (Å²) in [6.07, 6.45) is 0.933. The lowest BCUT2D eigenvalue weighted by Gasteiger charge is -1.93. The first kappa shape index (κ1) is 9.50. The summed E-state index contributed by atoms with van der Waals surface area (Å²) in [5, 5.41) is 0. The van der Waals surface area contributed by atoms with Gasteiger partial charge in [0, 0.05) is 5.92 Å². The zero-order chi connectivity index (χ0) is 9.59. The standard InChI is InChI=1S/C9H8Cl2OS/c1-4(12)5-2-6(5)7-3-8(10)13-9(7)11/h3,5-6H,2H2,1H3. The summed E-state index contributed by atoms with van der Waals surface area (Å²) >= 11 is 13.2. The van der Waals surface area contributed by atoms with Gasteiger partial charge in [-0.2, -0.15) is 0 Å². The third-order valence-electron chi connectivity index (χ3n) is 2.40. The molecule has 1 saturated carbocycles. The Balaban J connectivity index is 2.20. The fourth-order valence-electron chi connectivity index (χ4n) is 1.59. The number of hydrogen-bond acceptors (Lipinski definition) is 2. The summed E-state index contributed by atoms with van der Waals surface area (Å²) in [5.74, 6) is 0.764. The highest BCUT2D eigenvalue weighted by Crippen LogP contribution is 2.52. The van der Waals surface area contributed by atoms with Crippen molar-refractivity contribution in [3.63, 3.8) is 0 Å². The molecule has 70 valence electrons. The molecule has 1 aliphatic carbocycles. The maximum atomic E-state index is 11.0. The largest absolute Gasteiger partial charge is 0.300 e. The van der Waals surface area contributed by atoms with Crippen molar-refractivity contribution in [1.82, 2.24) is 0 Å². The molecule has 0 radical (unpaired) electrons. The molecule has 1 aromatic heterocycles. The average Bonchev–Trinajstić information content (AvgIpc) is 2.73. The van der Waals surface area contributed by atoms with Gasteiger partial charge in [-0.25, -0.2) is 0 Å². The van der Waals surface area contributed by atoms with Crippen LogP contribution in [-0.4, -0.2) is 5.78 Å². The van der Waals surface area contributed by atoms with E-state index in [1.807, 2.05) is 6.07 Å². The Bertz CT molecular complexity index is 358. The van der Waals surface area contributed by atoms with Crippen LogP contribution < -0.4 is 0 Å². The van der Waals surface area contributed by atoms with Crippen LogP contribution >= 0.6 is 34.5 Å². The van der Waals surface area contributed by atoms with Crippen molar-refractivity contribution in [2.45, 2.75) is 19.3 Å². The van der Waals surface area contributed by atoms with E-state index in [4.69, 9.17) is 23.2 Å². The quantitative estimate of drug-likeness (QED) is 0.762. The lowest BCUT2D eigenvalue weighted by Crippen LogP contribution is -1.93. The maximum absolute atomic E-state index is 11.0. The molecule has 0 bridgehead atoms. The predicted octanol–water partition coefficient (Wildman–Crippen LogP) is 3.75. The molecule has 0 spiro atoms. The van der Waals surface area contributed by atoms with E-state index in [9.17, 15) is 4.79 Å². The van der Waals surface area contributed by atoms with E-state index in [1.54, 1.807) is 6.92 Å². The minimum atomic E-state index is 0.183. The van der Waals surface area contributed by atoms with E-state index in [1.165, 1.54) is 11.3 Å². The highest BCUT2D eigenvalue weighted by molar-refractivity contribution is 7.20. The fraction of sp³-hybridized carbons (Fsp3) is 0.444. The van der Waals surface area contributed by atoms with Crippen LogP contribution in [0.25, 0.3) is 0 Å². The van der Waals surface area contributed by atoms with Gasteiger partial charge in [0.25, 0.3) is 0 Å². The van der Waals surface area contributed by atoms with Crippen LogP contribution in [-0.2, 0) is 4.79 Å². The highest BCUT2D eigenvalue weighted by atomic mass is 35.5. The van der Waals surface area contributed by atoms with E-state index in [0.29, 0.717) is 10.3 Å². The Morgan fingerprint density at radius 1 is 1.62 bits per heavy atom. The third kappa shape index (κ3) is 1.76. The minimum Gasteiger partial charge on any atom is -0.300 e. The maximum Gasteiger partial charge on any atom is 0.133 e. The van der Waals surface area contributed by atoms with Crippen LogP contribution in [0.3, 0.4) is 0 Å². The Labute approximate surface area is 90.7 Å². The SMILES string of the molecule is CC(=O)C1CC1c1cc(Cl)sc1Cl. The Morgan fingerprint density at radius 3 is 2.69 bits per heavy atom. The van der Waals surface area contributed by atoms with Gasteiger partial charge < -0.3 is 0 Å². The number of carbonyl (C=O) groups excluding carboxylic acids is 1. The van der Waals surface area contributed by atoms with Gasteiger partial charge in [0.1, 0.15) is 5.78 Å². The molecule has 0 saturated heterocycles. The number of rotatable bonds is 2. The van der Waals surface area contributed by atoms with Gasteiger partial charge >= 0.3 is 0 Å². The van der Waals surface area contributed by atoms with Crippen molar-refractivity contribution in [2.24, 2.45) is 5.92 Å². The van der Waals surface area contributed by atoms with Crippen LogP contribution in [0.4, 0.5) is 0 Å². The lowest BCUT2D eigenvalue weighted by molar-refractivity contribution is -0.118. The molecule has 1 nitrogen and oxygen atoms in total. The van der Waals surface area contributed by atoms with Crippen molar-refractivity contribution in [3.8, 4) is 0 Å². The average molecular weight is 235 g/mol. The number of Topliss-reactive ketones (excluding diaryl/α,β-unsaturated/α-hetero) is 1. The smallest absolute Gasteiger partial charge is 0.133 e. The molecular weight excluding hydrogens is 227 g/mol. The molecule has 1 fully saturated rings. The number of ketones is 1. The topological polar surface area (TPSA) is 17.1 Å². The lowest BCUT2D eigenvalue weighted by atomic mass is 10.1. The van der Waals surface area contributed by atoms with Crippen molar-refractivity contribution in [1.29, 1.82) is 0 Å². The summed E-state index contributed by atoms with van der Waals surface area (Å²) in [6.45, 7) is 1.63. The van der Waals surface area contributed by atoms with Crippen LogP contribution in [0.5, 0.6) is 0 Å². The second-order valence-electron chi connectivity index (χ2n) is 3.34. The molecule has 0 aliphatic heterocycles. The van der Waals surface area contributed by atoms with E-state index < -0.39 is 0 Å². The van der Waals surface area contributed by atoms with Gasteiger partial charge in [-0.05, 0) is 30.9 Å². The van der Waals surface area contributed by atoms with E-state index >= 15 is 0 Å². The monoisotopic (exact) mass is 234 g/mol. The van der Waals surface area contributed by atoms with Gasteiger partial charge in [-0.3, -0.25) is 4.79 Å². The van der Waals surface area contributed by atoms with Gasteiger partial charge in [0.2, 0.25) is 0 Å². The van der Waals surface area contributed by atoms with Crippen molar-refractivity contribution < 1.29 is 4.79 Å². The first-order chi connectivity index (χ1) is 6.09. The molecule has 2 rings (SSSR count). The van der Waals surface area contributed by atoms with Crippen LogP contribution in [0.15, 0.2) is 6.07 Å². The zero-order valence-electron chi connectivity index (χ0n) is 7.01. The normalized spacial score (nSPS) is 26.1. The van der Waals surface area contributed by atoms with Crippen molar-refractivity contribution in [2.75, 3.05) is 0 Å². The molecule has 4 heteroatoms. The summed E-state index contributed by atoms with van der Waals surface area (Å²) in [4.78, 5) is 11.0. The molecule has 0 N–H and O–H groups in total. The Hall–Kier alpha value is -0.0500. The van der Waals surface area contributed by atoms with Gasteiger partial charge in [0.05, 0.1) is 8.67 Å².